The molecule has 1 heterocycles. The second kappa shape index (κ2) is 9.80. The number of quaternary nitrogens is 1. The molecule has 1 unspecified atom stereocenters. The number of methoxy groups -OCH3 is 1. The second-order valence-electron chi connectivity index (χ2n) is 6.06. The Morgan fingerprint density at radius 1 is 1.35 bits per heavy atom. The lowest BCUT2D eigenvalue weighted by atomic mass is 10.3. The van der Waals surface area contributed by atoms with Crippen LogP contribution in [0.3, 0.4) is 0 Å². The fourth-order valence-electron chi connectivity index (χ4n) is 2.61. The number of anilines is 1. The first-order valence-corrected chi connectivity index (χ1v) is 9.66. The van der Waals surface area contributed by atoms with Crippen LogP contribution in [0, 0.1) is 0 Å². The van der Waals surface area contributed by atoms with Crippen molar-refractivity contribution in [2.24, 2.45) is 0 Å². The summed E-state index contributed by atoms with van der Waals surface area (Å²) in [5, 5.41) is 2.86. The number of thioether (sulfide) groups is 1. The Balaban J connectivity index is 1.82. The number of halogens is 1. The average Bonchev–Trinajstić information content (AvgIpc) is 2.62. The van der Waals surface area contributed by atoms with Crippen molar-refractivity contribution in [2.45, 2.75) is 5.25 Å². The number of ether oxygens (including phenoxy) is 1. The van der Waals surface area contributed by atoms with E-state index in [1.54, 1.807) is 36.2 Å². The predicted octanol–water partition coefficient (Wildman–Crippen LogP) is -0.0898. The molecule has 1 aromatic rings. The summed E-state index contributed by atoms with van der Waals surface area (Å²) in [5.41, 5.74) is 0.548. The average molecular weight is 401 g/mol. The largest absolute Gasteiger partial charge is 0.468 e. The molecule has 0 aromatic heterocycles. The second-order valence-corrected chi connectivity index (χ2v) is 7.78. The van der Waals surface area contributed by atoms with Gasteiger partial charge in [-0.2, -0.15) is 0 Å². The number of hydrogen-bond donors (Lipinski definition) is 2. The molecule has 142 valence electrons. The Morgan fingerprint density at radius 3 is 2.77 bits per heavy atom. The van der Waals surface area contributed by atoms with Gasteiger partial charge in [0.2, 0.25) is 0 Å². The van der Waals surface area contributed by atoms with Crippen LogP contribution in [0.2, 0.25) is 5.02 Å². The summed E-state index contributed by atoms with van der Waals surface area (Å²) >= 11 is 7.52. The molecule has 1 saturated heterocycles. The summed E-state index contributed by atoms with van der Waals surface area (Å²) in [4.78, 5) is 38.7. The summed E-state index contributed by atoms with van der Waals surface area (Å²) in [5.74, 6) is 0.0805. The van der Waals surface area contributed by atoms with Crippen molar-refractivity contribution in [3.63, 3.8) is 0 Å². The third-order valence-electron chi connectivity index (χ3n) is 3.95. The standard InChI is InChI=1S/C17H22ClN3O4S/c1-20(10-15(22)19-13-6-4-3-5-12(13)18)11-16(23)21-7-8-26-14(9-21)17(24)25-2/h3-6,14H,7-11H2,1-2H3,(H,19,22)/p+1/t14-/m0/s1. The minimum atomic E-state index is -0.346. The number of hydrogen-bond acceptors (Lipinski definition) is 5. The van der Waals surface area contributed by atoms with E-state index in [0.29, 0.717) is 29.6 Å². The highest BCUT2D eigenvalue weighted by Gasteiger charge is 2.30. The molecule has 1 fully saturated rings. The Morgan fingerprint density at radius 2 is 2.08 bits per heavy atom. The lowest BCUT2D eigenvalue weighted by molar-refractivity contribution is -0.862. The van der Waals surface area contributed by atoms with Crippen LogP contribution in [-0.4, -0.2) is 74.0 Å². The third kappa shape index (κ3) is 5.89. The van der Waals surface area contributed by atoms with Crippen molar-refractivity contribution in [2.75, 3.05) is 51.4 Å². The van der Waals surface area contributed by atoms with Gasteiger partial charge in [-0.25, -0.2) is 0 Å². The zero-order chi connectivity index (χ0) is 19.1. The van der Waals surface area contributed by atoms with Crippen LogP contribution >= 0.6 is 23.4 Å². The van der Waals surface area contributed by atoms with Gasteiger partial charge in [0, 0.05) is 18.8 Å². The Labute approximate surface area is 162 Å². The van der Waals surface area contributed by atoms with Gasteiger partial charge in [-0.1, -0.05) is 23.7 Å². The van der Waals surface area contributed by atoms with E-state index in [1.165, 1.54) is 18.9 Å². The van der Waals surface area contributed by atoms with Gasteiger partial charge in [0.15, 0.2) is 13.1 Å². The van der Waals surface area contributed by atoms with Gasteiger partial charge in [-0.15, -0.1) is 11.8 Å². The number of nitrogens with one attached hydrogen (secondary N) is 2. The zero-order valence-corrected chi connectivity index (χ0v) is 16.4. The minimum absolute atomic E-state index is 0.0813. The Hall–Kier alpha value is -1.77. The van der Waals surface area contributed by atoms with Crippen LogP contribution in [0.15, 0.2) is 24.3 Å². The first-order valence-electron chi connectivity index (χ1n) is 8.23. The highest BCUT2D eigenvalue weighted by Crippen LogP contribution is 2.20. The number of rotatable bonds is 6. The molecule has 0 aliphatic carbocycles. The Kier molecular flexibility index (Phi) is 7.74. The molecule has 9 heteroatoms. The van der Waals surface area contributed by atoms with E-state index in [-0.39, 0.29) is 36.1 Å². The van der Waals surface area contributed by atoms with Gasteiger partial charge < -0.3 is 19.9 Å². The molecular weight excluding hydrogens is 378 g/mol. The maximum atomic E-state index is 12.4. The Bertz CT molecular complexity index is 673. The van der Waals surface area contributed by atoms with Crippen LogP contribution in [0.25, 0.3) is 0 Å². The normalized spacial score (nSPS) is 18.1. The van der Waals surface area contributed by atoms with Gasteiger partial charge in [0.25, 0.3) is 11.8 Å². The number of para-hydroxylation sites is 1. The van der Waals surface area contributed by atoms with Crippen molar-refractivity contribution in [3.05, 3.63) is 29.3 Å². The smallest absolute Gasteiger partial charge is 0.320 e. The molecule has 1 aromatic carbocycles. The molecule has 0 radical (unpaired) electrons. The summed E-state index contributed by atoms with van der Waals surface area (Å²) in [6.45, 7) is 1.25. The van der Waals surface area contributed by atoms with Crippen LogP contribution < -0.4 is 10.2 Å². The molecule has 2 rings (SSSR count). The number of nitrogens with zero attached hydrogens (tertiary/aromatic N) is 1. The van der Waals surface area contributed by atoms with Crippen molar-refractivity contribution in [1.82, 2.24) is 4.90 Å². The number of benzene rings is 1. The molecular formula is C17H23ClN3O4S+. The maximum absolute atomic E-state index is 12.4. The number of carbonyl (C=O) groups excluding carboxylic acids is 3. The van der Waals surface area contributed by atoms with Crippen molar-refractivity contribution in [1.29, 1.82) is 0 Å². The topological polar surface area (TPSA) is 80.2 Å². The monoisotopic (exact) mass is 400 g/mol. The van der Waals surface area contributed by atoms with E-state index >= 15 is 0 Å². The van der Waals surface area contributed by atoms with Gasteiger partial charge in [0.1, 0.15) is 5.25 Å². The number of amides is 2. The molecule has 2 N–H and O–H groups in total. The molecule has 2 atom stereocenters. The maximum Gasteiger partial charge on any atom is 0.320 e. The van der Waals surface area contributed by atoms with Gasteiger partial charge in [0.05, 0.1) is 24.9 Å². The van der Waals surface area contributed by atoms with Gasteiger partial charge in [-0.3, -0.25) is 14.4 Å². The van der Waals surface area contributed by atoms with Gasteiger partial charge >= 0.3 is 5.97 Å². The molecule has 7 nitrogen and oxygen atoms in total. The van der Waals surface area contributed by atoms with Crippen molar-refractivity contribution in [3.8, 4) is 0 Å². The van der Waals surface area contributed by atoms with Crippen molar-refractivity contribution >= 4 is 46.8 Å². The zero-order valence-electron chi connectivity index (χ0n) is 14.8. The number of carbonyl (C=O) groups is 3. The summed E-state index contributed by atoms with van der Waals surface area (Å²) in [7, 11) is 3.12. The van der Waals surface area contributed by atoms with Crippen LogP contribution in [0.4, 0.5) is 5.69 Å². The third-order valence-corrected chi connectivity index (χ3v) is 5.44. The van der Waals surface area contributed by atoms with Crippen LogP contribution in [0.5, 0.6) is 0 Å². The van der Waals surface area contributed by atoms with Gasteiger partial charge in [-0.05, 0) is 12.1 Å². The SMILES string of the molecule is COC(=O)[C@@H]1CN(C(=O)C[NH+](C)CC(=O)Nc2ccccc2Cl)CCS1. The van der Waals surface area contributed by atoms with E-state index in [1.807, 2.05) is 0 Å². The summed E-state index contributed by atoms with van der Waals surface area (Å²) in [6, 6.07) is 6.99. The molecule has 0 bridgehead atoms. The van der Waals surface area contributed by atoms with E-state index in [4.69, 9.17) is 16.3 Å². The number of likely N-dealkylation sites (N-methyl/N-ethyl adjacent to an activating group) is 1. The molecule has 1 aliphatic rings. The summed E-state index contributed by atoms with van der Waals surface area (Å²) in [6.07, 6.45) is 0. The first-order chi connectivity index (χ1) is 12.4. The van der Waals surface area contributed by atoms with E-state index < -0.39 is 0 Å². The molecule has 26 heavy (non-hydrogen) atoms. The van der Waals surface area contributed by atoms with E-state index in [2.05, 4.69) is 5.32 Å². The first kappa shape index (κ1) is 20.5. The minimum Gasteiger partial charge on any atom is -0.468 e. The number of esters is 1. The highest BCUT2D eigenvalue weighted by molar-refractivity contribution is 8.00. The molecule has 0 spiro atoms. The van der Waals surface area contributed by atoms with Crippen LogP contribution in [-0.2, 0) is 19.1 Å². The molecule has 1 aliphatic heterocycles. The van der Waals surface area contributed by atoms with E-state index in [0.717, 1.165) is 4.90 Å². The van der Waals surface area contributed by atoms with Crippen LogP contribution in [0.1, 0.15) is 0 Å². The summed E-state index contributed by atoms with van der Waals surface area (Å²) < 4.78 is 4.75. The quantitative estimate of drug-likeness (QED) is 0.652. The lowest BCUT2D eigenvalue weighted by Gasteiger charge is -2.31. The van der Waals surface area contributed by atoms with E-state index in [9.17, 15) is 14.4 Å². The highest BCUT2D eigenvalue weighted by atomic mass is 35.5. The fourth-order valence-corrected chi connectivity index (χ4v) is 3.92. The van der Waals surface area contributed by atoms with Crippen molar-refractivity contribution < 1.29 is 24.0 Å². The lowest BCUT2D eigenvalue weighted by Crippen LogP contribution is -3.11. The molecule has 0 saturated carbocycles. The predicted molar refractivity (Wildman–Crippen MR) is 102 cm³/mol. The molecule has 2 amide bonds. The fraction of sp³-hybridized carbons (Fsp3) is 0.471.